The van der Waals surface area contributed by atoms with Gasteiger partial charge in [0.25, 0.3) is 0 Å². The minimum atomic E-state index is -1.17. The minimum Gasteiger partial charge on any atom is -0.385 e. The second kappa shape index (κ2) is 4.26. The van der Waals surface area contributed by atoms with Crippen LogP contribution < -0.4 is 5.73 Å². The summed E-state index contributed by atoms with van der Waals surface area (Å²) in [7, 11) is 0. The molecule has 3 N–H and O–H groups in total. The van der Waals surface area contributed by atoms with Crippen LogP contribution in [0.1, 0.15) is 18.9 Å². The Hall–Kier alpha value is -0.640. The first-order valence-electron chi connectivity index (χ1n) is 4.35. The number of nitrogens with two attached hydrogens (primary N) is 1. The molecule has 0 heterocycles. The highest BCUT2D eigenvalue weighted by atomic mass is 35.5. The molecule has 0 fully saturated rings. The highest BCUT2D eigenvalue weighted by Crippen LogP contribution is 2.30. The molecular formula is C10H13ClFNO. The van der Waals surface area contributed by atoms with Crippen LogP contribution >= 0.6 is 11.6 Å². The predicted molar refractivity (Wildman–Crippen MR) is 54.7 cm³/mol. The summed E-state index contributed by atoms with van der Waals surface area (Å²) in [5.41, 5.74) is 4.55. The van der Waals surface area contributed by atoms with Crippen LogP contribution in [0.2, 0.25) is 5.02 Å². The van der Waals surface area contributed by atoms with E-state index in [1.165, 1.54) is 18.2 Å². The van der Waals surface area contributed by atoms with Crippen molar-refractivity contribution in [3.8, 4) is 0 Å². The zero-order valence-electron chi connectivity index (χ0n) is 7.93. The monoisotopic (exact) mass is 217 g/mol. The van der Waals surface area contributed by atoms with Crippen molar-refractivity contribution in [1.29, 1.82) is 0 Å². The SMILES string of the molecule is CC(O)(CCN)c1cc(F)ccc1Cl. The largest absolute Gasteiger partial charge is 0.385 e. The molecule has 0 saturated heterocycles. The van der Waals surface area contributed by atoms with Crippen LogP contribution in [0.5, 0.6) is 0 Å². The van der Waals surface area contributed by atoms with E-state index in [9.17, 15) is 9.50 Å². The van der Waals surface area contributed by atoms with E-state index in [0.29, 0.717) is 23.6 Å². The maximum atomic E-state index is 12.9. The lowest BCUT2D eigenvalue weighted by atomic mass is 9.92. The molecule has 1 rings (SSSR count). The molecule has 78 valence electrons. The van der Waals surface area contributed by atoms with Gasteiger partial charge in [-0.25, -0.2) is 4.39 Å². The van der Waals surface area contributed by atoms with Crippen molar-refractivity contribution in [1.82, 2.24) is 0 Å². The molecule has 0 bridgehead atoms. The van der Waals surface area contributed by atoms with Gasteiger partial charge < -0.3 is 10.8 Å². The Labute approximate surface area is 87.5 Å². The van der Waals surface area contributed by atoms with E-state index in [4.69, 9.17) is 17.3 Å². The van der Waals surface area contributed by atoms with Crippen LogP contribution in [0.4, 0.5) is 4.39 Å². The van der Waals surface area contributed by atoms with E-state index in [2.05, 4.69) is 0 Å². The average molecular weight is 218 g/mol. The molecule has 1 atom stereocenters. The number of halogens is 2. The van der Waals surface area contributed by atoms with E-state index < -0.39 is 11.4 Å². The number of rotatable bonds is 3. The van der Waals surface area contributed by atoms with Gasteiger partial charge in [-0.2, -0.15) is 0 Å². The fraction of sp³-hybridized carbons (Fsp3) is 0.400. The summed E-state index contributed by atoms with van der Waals surface area (Å²) in [5.74, 6) is -0.415. The molecule has 0 aliphatic heterocycles. The Morgan fingerprint density at radius 1 is 1.57 bits per heavy atom. The van der Waals surface area contributed by atoms with Crippen molar-refractivity contribution in [3.63, 3.8) is 0 Å². The zero-order chi connectivity index (χ0) is 10.8. The Morgan fingerprint density at radius 3 is 2.79 bits per heavy atom. The quantitative estimate of drug-likeness (QED) is 0.814. The Kier molecular flexibility index (Phi) is 3.48. The lowest BCUT2D eigenvalue weighted by Crippen LogP contribution is -2.25. The van der Waals surface area contributed by atoms with E-state index in [1.54, 1.807) is 6.92 Å². The molecule has 0 aliphatic rings. The van der Waals surface area contributed by atoms with Crippen molar-refractivity contribution in [2.75, 3.05) is 6.54 Å². The highest BCUT2D eigenvalue weighted by molar-refractivity contribution is 6.31. The second-order valence-corrected chi connectivity index (χ2v) is 3.84. The summed E-state index contributed by atoms with van der Waals surface area (Å²) in [6.07, 6.45) is 0.343. The first-order chi connectivity index (χ1) is 6.47. The summed E-state index contributed by atoms with van der Waals surface area (Å²) < 4.78 is 12.9. The molecule has 0 spiro atoms. The van der Waals surface area contributed by atoms with Crippen molar-refractivity contribution in [3.05, 3.63) is 34.6 Å². The third kappa shape index (κ3) is 2.44. The van der Waals surface area contributed by atoms with E-state index in [-0.39, 0.29) is 0 Å². The zero-order valence-corrected chi connectivity index (χ0v) is 8.68. The summed E-state index contributed by atoms with van der Waals surface area (Å²) >= 11 is 5.85. The molecule has 0 amide bonds. The third-order valence-electron chi connectivity index (χ3n) is 2.14. The molecule has 4 heteroatoms. The summed E-state index contributed by atoms with van der Waals surface area (Å²) in [5, 5.41) is 10.3. The molecule has 2 nitrogen and oxygen atoms in total. The number of hydrogen-bond acceptors (Lipinski definition) is 2. The number of aliphatic hydroxyl groups is 1. The number of hydrogen-bond donors (Lipinski definition) is 2. The van der Waals surface area contributed by atoms with Crippen LogP contribution in [0, 0.1) is 5.82 Å². The standard InChI is InChI=1S/C10H13ClFNO/c1-10(14,4-5-13)8-6-7(12)2-3-9(8)11/h2-3,6,14H,4-5,13H2,1H3. The van der Waals surface area contributed by atoms with Gasteiger partial charge in [0.15, 0.2) is 0 Å². The van der Waals surface area contributed by atoms with Gasteiger partial charge in [-0.05, 0) is 38.1 Å². The summed E-state index contributed by atoms with van der Waals surface area (Å²) in [6, 6.07) is 3.92. The lowest BCUT2D eigenvalue weighted by molar-refractivity contribution is 0.0502. The molecule has 14 heavy (non-hydrogen) atoms. The van der Waals surface area contributed by atoms with Crippen LogP contribution in [0.15, 0.2) is 18.2 Å². The Balaban J connectivity index is 3.10. The number of benzene rings is 1. The molecule has 0 aromatic heterocycles. The van der Waals surface area contributed by atoms with E-state index in [1.807, 2.05) is 0 Å². The third-order valence-corrected chi connectivity index (χ3v) is 2.47. The van der Waals surface area contributed by atoms with Crippen LogP contribution in [0.25, 0.3) is 0 Å². The summed E-state index contributed by atoms with van der Waals surface area (Å²) in [4.78, 5) is 0. The molecular weight excluding hydrogens is 205 g/mol. The minimum absolute atomic E-state index is 0.319. The second-order valence-electron chi connectivity index (χ2n) is 3.44. The fourth-order valence-corrected chi connectivity index (χ4v) is 1.65. The molecule has 0 aliphatic carbocycles. The van der Waals surface area contributed by atoms with Gasteiger partial charge in [0.05, 0.1) is 5.60 Å². The normalized spacial score (nSPS) is 15.2. The first-order valence-corrected chi connectivity index (χ1v) is 4.73. The van der Waals surface area contributed by atoms with Gasteiger partial charge in [0, 0.05) is 10.6 Å². The van der Waals surface area contributed by atoms with Gasteiger partial charge in [-0.3, -0.25) is 0 Å². The summed E-state index contributed by atoms with van der Waals surface area (Å²) in [6.45, 7) is 1.89. The molecule has 0 radical (unpaired) electrons. The van der Waals surface area contributed by atoms with Crippen molar-refractivity contribution < 1.29 is 9.50 Å². The molecule has 0 saturated carbocycles. The molecule has 1 aromatic carbocycles. The molecule has 1 aromatic rings. The van der Waals surface area contributed by atoms with Crippen LogP contribution in [-0.2, 0) is 5.60 Å². The van der Waals surface area contributed by atoms with Gasteiger partial charge in [0.2, 0.25) is 0 Å². The highest BCUT2D eigenvalue weighted by Gasteiger charge is 2.25. The van der Waals surface area contributed by atoms with Crippen molar-refractivity contribution >= 4 is 11.6 Å². The van der Waals surface area contributed by atoms with Crippen LogP contribution in [-0.4, -0.2) is 11.7 Å². The predicted octanol–water partition coefficient (Wildman–Crippen LogP) is 2.04. The van der Waals surface area contributed by atoms with E-state index in [0.717, 1.165) is 0 Å². The van der Waals surface area contributed by atoms with Gasteiger partial charge in [-0.15, -0.1) is 0 Å². The van der Waals surface area contributed by atoms with Crippen molar-refractivity contribution in [2.45, 2.75) is 18.9 Å². The fourth-order valence-electron chi connectivity index (χ4n) is 1.33. The Bertz CT molecular complexity index is 328. The average Bonchev–Trinajstić information content (AvgIpc) is 2.09. The maximum Gasteiger partial charge on any atom is 0.123 e. The van der Waals surface area contributed by atoms with Crippen LogP contribution in [0.3, 0.4) is 0 Å². The van der Waals surface area contributed by atoms with E-state index >= 15 is 0 Å². The topological polar surface area (TPSA) is 46.2 Å². The van der Waals surface area contributed by atoms with Crippen molar-refractivity contribution in [2.24, 2.45) is 5.73 Å². The maximum absolute atomic E-state index is 12.9. The van der Waals surface area contributed by atoms with Gasteiger partial charge in [-0.1, -0.05) is 11.6 Å². The van der Waals surface area contributed by atoms with Gasteiger partial charge in [0.1, 0.15) is 5.82 Å². The van der Waals surface area contributed by atoms with Gasteiger partial charge >= 0.3 is 0 Å². The Morgan fingerprint density at radius 2 is 2.21 bits per heavy atom. The molecule has 1 unspecified atom stereocenters. The smallest absolute Gasteiger partial charge is 0.123 e. The lowest BCUT2D eigenvalue weighted by Gasteiger charge is -2.24. The first kappa shape index (κ1) is 11.4.